The van der Waals surface area contributed by atoms with Gasteiger partial charge in [-0.25, -0.2) is 0 Å². The summed E-state index contributed by atoms with van der Waals surface area (Å²) in [4.78, 5) is 0. The third-order valence-electron chi connectivity index (χ3n) is 3.23. The van der Waals surface area contributed by atoms with Gasteiger partial charge in [0.2, 0.25) is 0 Å². The predicted molar refractivity (Wildman–Crippen MR) is 73.6 cm³/mol. The Morgan fingerprint density at radius 3 is 2.41 bits per heavy atom. The standard InChI is InChI=1S/C15H25NO/c1-11(2)6-9-15(16-4)14-8-7-13(17-5)10-12(14)3/h7-8,10-11,15-16H,6,9H2,1-5H3. The van der Waals surface area contributed by atoms with Crippen molar-refractivity contribution in [2.24, 2.45) is 5.92 Å². The van der Waals surface area contributed by atoms with Crippen molar-refractivity contribution in [3.05, 3.63) is 29.3 Å². The van der Waals surface area contributed by atoms with Crippen LogP contribution in [0.5, 0.6) is 5.75 Å². The van der Waals surface area contributed by atoms with Gasteiger partial charge in [-0.3, -0.25) is 0 Å². The van der Waals surface area contributed by atoms with Crippen LogP contribution in [-0.4, -0.2) is 14.2 Å². The molecule has 0 heterocycles. The molecule has 2 heteroatoms. The fourth-order valence-electron chi connectivity index (χ4n) is 2.12. The van der Waals surface area contributed by atoms with E-state index in [2.05, 4.69) is 38.2 Å². The SMILES string of the molecule is CNC(CCC(C)C)c1ccc(OC)cc1C. The molecule has 1 atom stereocenters. The third kappa shape index (κ3) is 4.04. The molecule has 0 aromatic heterocycles. The van der Waals surface area contributed by atoms with Crippen LogP contribution in [0.4, 0.5) is 0 Å². The van der Waals surface area contributed by atoms with Crippen molar-refractivity contribution < 1.29 is 4.74 Å². The van der Waals surface area contributed by atoms with E-state index >= 15 is 0 Å². The van der Waals surface area contributed by atoms with Gasteiger partial charge in [-0.1, -0.05) is 19.9 Å². The second kappa shape index (κ2) is 6.65. The lowest BCUT2D eigenvalue weighted by molar-refractivity contribution is 0.413. The summed E-state index contributed by atoms with van der Waals surface area (Å²) in [6.07, 6.45) is 2.43. The monoisotopic (exact) mass is 235 g/mol. The highest BCUT2D eigenvalue weighted by atomic mass is 16.5. The van der Waals surface area contributed by atoms with Crippen LogP contribution in [0.3, 0.4) is 0 Å². The summed E-state index contributed by atoms with van der Waals surface area (Å²) in [7, 11) is 3.75. The number of rotatable bonds is 6. The van der Waals surface area contributed by atoms with E-state index in [1.165, 1.54) is 24.0 Å². The Balaban J connectivity index is 2.80. The van der Waals surface area contributed by atoms with Gasteiger partial charge >= 0.3 is 0 Å². The number of hydrogen-bond acceptors (Lipinski definition) is 2. The number of aryl methyl sites for hydroxylation is 1. The quantitative estimate of drug-likeness (QED) is 0.811. The van der Waals surface area contributed by atoms with Gasteiger partial charge in [0.1, 0.15) is 5.75 Å². The Morgan fingerprint density at radius 1 is 1.24 bits per heavy atom. The molecule has 1 N–H and O–H groups in total. The summed E-state index contributed by atoms with van der Waals surface area (Å²) < 4.78 is 5.24. The van der Waals surface area contributed by atoms with E-state index in [9.17, 15) is 0 Å². The maximum atomic E-state index is 5.24. The molecular formula is C15H25NO. The number of methoxy groups -OCH3 is 1. The van der Waals surface area contributed by atoms with Crippen LogP contribution < -0.4 is 10.1 Å². The summed E-state index contributed by atoms with van der Waals surface area (Å²) in [6, 6.07) is 6.77. The van der Waals surface area contributed by atoms with Crippen molar-refractivity contribution in [2.75, 3.05) is 14.2 Å². The van der Waals surface area contributed by atoms with Gasteiger partial charge < -0.3 is 10.1 Å². The van der Waals surface area contributed by atoms with Gasteiger partial charge in [-0.05, 0) is 56.0 Å². The number of benzene rings is 1. The van der Waals surface area contributed by atoms with Crippen LogP contribution in [0.1, 0.15) is 43.9 Å². The van der Waals surface area contributed by atoms with Crippen LogP contribution in [0.25, 0.3) is 0 Å². The average Bonchev–Trinajstić information content (AvgIpc) is 2.31. The summed E-state index contributed by atoms with van der Waals surface area (Å²) in [5.74, 6) is 1.69. The zero-order chi connectivity index (χ0) is 12.8. The molecule has 0 spiro atoms. The summed E-state index contributed by atoms with van der Waals surface area (Å²) in [5, 5.41) is 3.41. The topological polar surface area (TPSA) is 21.3 Å². The lowest BCUT2D eigenvalue weighted by atomic mass is 9.94. The summed E-state index contributed by atoms with van der Waals surface area (Å²) in [5.41, 5.74) is 2.68. The van der Waals surface area contributed by atoms with Crippen molar-refractivity contribution in [2.45, 2.75) is 39.7 Å². The van der Waals surface area contributed by atoms with Crippen LogP contribution in [0.2, 0.25) is 0 Å². The van der Waals surface area contributed by atoms with Crippen molar-refractivity contribution in [3.8, 4) is 5.75 Å². The van der Waals surface area contributed by atoms with Crippen LogP contribution in [0, 0.1) is 12.8 Å². The maximum Gasteiger partial charge on any atom is 0.119 e. The molecule has 0 fully saturated rings. The number of ether oxygens (including phenoxy) is 1. The van der Waals surface area contributed by atoms with E-state index in [0.29, 0.717) is 6.04 Å². The molecule has 0 bridgehead atoms. The second-order valence-electron chi connectivity index (χ2n) is 5.03. The Morgan fingerprint density at radius 2 is 1.94 bits per heavy atom. The van der Waals surface area contributed by atoms with Gasteiger partial charge in [0.05, 0.1) is 7.11 Å². The van der Waals surface area contributed by atoms with Crippen molar-refractivity contribution in [1.82, 2.24) is 5.32 Å². The third-order valence-corrected chi connectivity index (χ3v) is 3.23. The maximum absolute atomic E-state index is 5.24. The minimum Gasteiger partial charge on any atom is -0.497 e. The van der Waals surface area contributed by atoms with Crippen LogP contribution >= 0.6 is 0 Å². The molecule has 17 heavy (non-hydrogen) atoms. The molecule has 1 rings (SSSR count). The Labute approximate surface area is 105 Å². The molecule has 0 radical (unpaired) electrons. The minimum atomic E-state index is 0.448. The molecule has 1 aromatic rings. The Hall–Kier alpha value is -1.02. The minimum absolute atomic E-state index is 0.448. The zero-order valence-electron chi connectivity index (χ0n) is 11.7. The molecule has 0 amide bonds. The summed E-state index contributed by atoms with van der Waals surface area (Å²) in [6.45, 7) is 6.69. The highest BCUT2D eigenvalue weighted by molar-refractivity contribution is 5.36. The van der Waals surface area contributed by atoms with E-state index in [0.717, 1.165) is 11.7 Å². The van der Waals surface area contributed by atoms with Gasteiger partial charge in [0.25, 0.3) is 0 Å². The van der Waals surface area contributed by atoms with Gasteiger partial charge in [-0.2, -0.15) is 0 Å². The Kier molecular flexibility index (Phi) is 5.49. The van der Waals surface area contributed by atoms with Crippen LogP contribution in [-0.2, 0) is 0 Å². The highest BCUT2D eigenvalue weighted by Gasteiger charge is 2.12. The number of nitrogens with one attached hydrogen (secondary N) is 1. The molecule has 96 valence electrons. The zero-order valence-corrected chi connectivity index (χ0v) is 11.7. The normalized spacial score (nSPS) is 12.8. The van der Waals surface area contributed by atoms with Gasteiger partial charge in [0, 0.05) is 6.04 Å². The molecule has 0 saturated heterocycles. The molecule has 2 nitrogen and oxygen atoms in total. The van der Waals surface area contributed by atoms with Gasteiger partial charge in [-0.15, -0.1) is 0 Å². The average molecular weight is 235 g/mol. The second-order valence-corrected chi connectivity index (χ2v) is 5.03. The van der Waals surface area contributed by atoms with E-state index in [1.807, 2.05) is 13.1 Å². The van der Waals surface area contributed by atoms with E-state index in [-0.39, 0.29) is 0 Å². The van der Waals surface area contributed by atoms with E-state index in [1.54, 1.807) is 7.11 Å². The molecule has 0 aliphatic carbocycles. The first-order chi connectivity index (χ1) is 8.08. The molecule has 1 unspecified atom stereocenters. The Bertz CT molecular complexity index is 347. The smallest absolute Gasteiger partial charge is 0.119 e. The van der Waals surface area contributed by atoms with Crippen molar-refractivity contribution >= 4 is 0 Å². The van der Waals surface area contributed by atoms with Crippen molar-refractivity contribution in [1.29, 1.82) is 0 Å². The fourth-order valence-corrected chi connectivity index (χ4v) is 2.12. The first-order valence-electron chi connectivity index (χ1n) is 6.40. The van der Waals surface area contributed by atoms with E-state index < -0.39 is 0 Å². The lowest BCUT2D eigenvalue weighted by Crippen LogP contribution is -2.18. The van der Waals surface area contributed by atoms with E-state index in [4.69, 9.17) is 4.74 Å². The fraction of sp³-hybridized carbons (Fsp3) is 0.600. The molecule has 0 saturated carbocycles. The lowest BCUT2D eigenvalue weighted by Gasteiger charge is -2.20. The number of hydrogen-bond donors (Lipinski definition) is 1. The first-order valence-corrected chi connectivity index (χ1v) is 6.40. The summed E-state index contributed by atoms with van der Waals surface area (Å²) >= 11 is 0. The highest BCUT2D eigenvalue weighted by Crippen LogP contribution is 2.26. The molecule has 0 aliphatic heterocycles. The van der Waals surface area contributed by atoms with Crippen molar-refractivity contribution in [3.63, 3.8) is 0 Å². The predicted octanol–water partition coefficient (Wildman–Crippen LogP) is 3.70. The van der Waals surface area contributed by atoms with Crippen LogP contribution in [0.15, 0.2) is 18.2 Å². The molecular weight excluding hydrogens is 210 g/mol. The molecule has 1 aromatic carbocycles. The first kappa shape index (κ1) is 14.0. The largest absolute Gasteiger partial charge is 0.497 e. The van der Waals surface area contributed by atoms with Gasteiger partial charge in [0.15, 0.2) is 0 Å². The molecule has 0 aliphatic rings.